The van der Waals surface area contributed by atoms with Crippen LogP contribution in [-0.2, 0) is 6.54 Å². The van der Waals surface area contributed by atoms with E-state index in [0.29, 0.717) is 23.6 Å². The number of hydrogen-bond donors (Lipinski definition) is 3. The second-order valence-corrected chi connectivity index (χ2v) is 9.26. The van der Waals surface area contributed by atoms with E-state index in [1.54, 1.807) is 30.0 Å². The van der Waals surface area contributed by atoms with Gasteiger partial charge in [0.05, 0.1) is 24.1 Å². The van der Waals surface area contributed by atoms with Crippen molar-refractivity contribution >= 4 is 34.3 Å². The molecule has 0 aliphatic carbocycles. The van der Waals surface area contributed by atoms with Crippen molar-refractivity contribution in [3.63, 3.8) is 0 Å². The minimum atomic E-state index is -0.278. The average Bonchev–Trinajstić information content (AvgIpc) is 3.50. The van der Waals surface area contributed by atoms with Crippen LogP contribution in [0.1, 0.15) is 28.9 Å². The minimum Gasteiger partial charge on any atom is -0.399 e. The van der Waals surface area contributed by atoms with Crippen molar-refractivity contribution in [2.24, 2.45) is 5.73 Å². The molecular weight excluding hydrogens is 448 g/mol. The van der Waals surface area contributed by atoms with Crippen LogP contribution in [-0.4, -0.2) is 44.8 Å². The van der Waals surface area contributed by atoms with E-state index in [2.05, 4.69) is 25.3 Å². The Kier molecular flexibility index (Phi) is 6.24. The van der Waals surface area contributed by atoms with E-state index < -0.39 is 0 Å². The van der Waals surface area contributed by atoms with Gasteiger partial charge in [-0.05, 0) is 48.7 Å². The molecule has 1 amide bonds. The fraction of sp³-hybridized carbons (Fsp3) is 0.250. The highest BCUT2D eigenvalue weighted by molar-refractivity contribution is 7.13. The number of pyridine rings is 1. The molecule has 0 bridgehead atoms. The molecule has 5 rings (SSSR count). The lowest BCUT2D eigenvalue weighted by Gasteiger charge is -2.34. The quantitative estimate of drug-likeness (QED) is 0.366. The molecule has 0 spiro atoms. The molecular formula is C24H26N8OS. The summed E-state index contributed by atoms with van der Waals surface area (Å²) in [5.74, 6) is -0.278. The van der Waals surface area contributed by atoms with Crippen LogP contribution in [0.2, 0.25) is 0 Å². The molecule has 34 heavy (non-hydrogen) atoms. The number of rotatable bonds is 6. The molecule has 1 aliphatic heterocycles. The third-order valence-electron chi connectivity index (χ3n) is 5.78. The molecule has 0 radical (unpaired) electrons. The van der Waals surface area contributed by atoms with E-state index in [1.807, 2.05) is 35.1 Å². The van der Waals surface area contributed by atoms with Gasteiger partial charge >= 0.3 is 0 Å². The first-order chi connectivity index (χ1) is 16.5. The van der Waals surface area contributed by atoms with Gasteiger partial charge in [-0.15, -0.1) is 11.3 Å². The number of nitrogens with zero attached hydrogens (tertiary/aromatic N) is 5. The molecule has 1 aliphatic rings. The largest absolute Gasteiger partial charge is 0.399 e. The first-order valence-corrected chi connectivity index (χ1v) is 12.0. The van der Waals surface area contributed by atoms with E-state index in [-0.39, 0.29) is 11.9 Å². The van der Waals surface area contributed by atoms with Gasteiger partial charge < -0.3 is 21.7 Å². The van der Waals surface area contributed by atoms with Crippen LogP contribution in [0.5, 0.6) is 0 Å². The van der Waals surface area contributed by atoms with Crippen LogP contribution in [0, 0.1) is 0 Å². The SMILES string of the molecule is Nc1ccc(N2CCC[C@@H](N)C2)c(NC(=O)c2csc(-c3cnn(Cc4ccncc4)c3)n2)c1. The zero-order chi connectivity index (χ0) is 23.5. The molecule has 1 saturated heterocycles. The van der Waals surface area contributed by atoms with Crippen LogP contribution in [0.25, 0.3) is 10.6 Å². The maximum atomic E-state index is 13.0. The van der Waals surface area contributed by atoms with Gasteiger partial charge in [0.25, 0.3) is 5.91 Å². The summed E-state index contributed by atoms with van der Waals surface area (Å²) in [6, 6.07) is 9.59. The minimum absolute atomic E-state index is 0.121. The number of piperidine rings is 1. The van der Waals surface area contributed by atoms with Crippen molar-refractivity contribution in [3.05, 3.63) is 71.8 Å². The Morgan fingerprint density at radius 1 is 1.24 bits per heavy atom. The number of nitrogen functional groups attached to an aromatic ring is 1. The van der Waals surface area contributed by atoms with Crippen molar-refractivity contribution in [1.82, 2.24) is 19.7 Å². The molecule has 5 N–H and O–H groups in total. The van der Waals surface area contributed by atoms with Crippen molar-refractivity contribution in [1.29, 1.82) is 0 Å². The van der Waals surface area contributed by atoms with Crippen molar-refractivity contribution in [2.45, 2.75) is 25.4 Å². The summed E-state index contributed by atoms with van der Waals surface area (Å²) in [7, 11) is 0. The van der Waals surface area contributed by atoms with E-state index in [1.165, 1.54) is 11.3 Å². The van der Waals surface area contributed by atoms with Crippen molar-refractivity contribution in [2.75, 3.05) is 29.0 Å². The fourth-order valence-electron chi connectivity index (χ4n) is 4.09. The molecule has 1 atom stereocenters. The Morgan fingerprint density at radius 2 is 2.09 bits per heavy atom. The van der Waals surface area contributed by atoms with Gasteiger partial charge in [0.15, 0.2) is 0 Å². The van der Waals surface area contributed by atoms with Crippen molar-refractivity contribution < 1.29 is 4.79 Å². The van der Waals surface area contributed by atoms with Gasteiger partial charge in [0.2, 0.25) is 0 Å². The highest BCUT2D eigenvalue weighted by atomic mass is 32.1. The molecule has 4 heterocycles. The lowest BCUT2D eigenvalue weighted by atomic mass is 10.1. The van der Waals surface area contributed by atoms with Gasteiger partial charge in [0.1, 0.15) is 10.7 Å². The molecule has 4 aromatic rings. The van der Waals surface area contributed by atoms with Gasteiger partial charge in [-0.2, -0.15) is 5.10 Å². The number of aromatic nitrogens is 4. The topological polar surface area (TPSA) is 128 Å². The van der Waals surface area contributed by atoms with Crippen LogP contribution in [0.4, 0.5) is 17.1 Å². The first-order valence-electron chi connectivity index (χ1n) is 11.1. The summed E-state index contributed by atoms with van der Waals surface area (Å²) < 4.78 is 1.84. The molecule has 1 fully saturated rings. The summed E-state index contributed by atoms with van der Waals surface area (Å²) in [6.07, 6.45) is 9.23. The van der Waals surface area contributed by atoms with Crippen LogP contribution in [0.3, 0.4) is 0 Å². The number of amides is 1. The molecule has 0 unspecified atom stereocenters. The second kappa shape index (κ2) is 9.62. The molecule has 0 saturated carbocycles. The third-order valence-corrected chi connectivity index (χ3v) is 6.67. The summed E-state index contributed by atoms with van der Waals surface area (Å²) in [4.78, 5) is 23.8. The van der Waals surface area contributed by atoms with Gasteiger partial charge in [-0.25, -0.2) is 4.98 Å². The van der Waals surface area contributed by atoms with E-state index in [0.717, 1.165) is 47.8 Å². The van der Waals surface area contributed by atoms with Gasteiger partial charge in [-0.1, -0.05) is 0 Å². The zero-order valence-corrected chi connectivity index (χ0v) is 19.4. The fourth-order valence-corrected chi connectivity index (χ4v) is 4.87. The number of carbonyl (C=O) groups excluding carboxylic acids is 1. The number of hydrogen-bond acceptors (Lipinski definition) is 8. The number of benzene rings is 1. The Hall–Kier alpha value is -3.76. The van der Waals surface area contributed by atoms with Gasteiger partial charge in [-0.3, -0.25) is 14.5 Å². The predicted octanol–water partition coefficient (Wildman–Crippen LogP) is 3.21. The van der Waals surface area contributed by atoms with E-state index in [4.69, 9.17) is 11.5 Å². The van der Waals surface area contributed by atoms with Crippen LogP contribution < -0.4 is 21.7 Å². The third kappa shape index (κ3) is 4.92. The standard InChI is InChI=1S/C24H26N8OS/c25-18-3-4-22(31-9-1-2-19(26)14-31)20(10-18)29-23(33)21-15-34-24(30-21)17-11-28-32(13-17)12-16-5-7-27-8-6-16/h3-8,10-11,13,15,19H,1-2,9,12,14,25-26H2,(H,29,33)/t19-/m1/s1. The predicted molar refractivity (Wildman–Crippen MR) is 135 cm³/mol. The maximum Gasteiger partial charge on any atom is 0.275 e. The number of nitrogens with two attached hydrogens (primary N) is 2. The second-order valence-electron chi connectivity index (χ2n) is 8.40. The maximum absolute atomic E-state index is 13.0. The van der Waals surface area contributed by atoms with Gasteiger partial charge in [0, 0.05) is 54.4 Å². The molecule has 3 aromatic heterocycles. The molecule has 10 heteroatoms. The van der Waals surface area contributed by atoms with E-state index in [9.17, 15) is 4.79 Å². The number of carbonyl (C=O) groups is 1. The smallest absolute Gasteiger partial charge is 0.275 e. The zero-order valence-electron chi connectivity index (χ0n) is 18.6. The number of thiazole rings is 1. The molecule has 1 aromatic carbocycles. The number of anilines is 3. The summed E-state index contributed by atoms with van der Waals surface area (Å²) in [5.41, 5.74) is 16.7. The normalized spacial score (nSPS) is 15.9. The van der Waals surface area contributed by atoms with Crippen LogP contribution >= 0.6 is 11.3 Å². The number of nitrogens with one attached hydrogen (secondary N) is 1. The summed E-state index contributed by atoms with van der Waals surface area (Å²) in [5, 5.41) is 9.91. The Labute approximate surface area is 201 Å². The molecule has 9 nitrogen and oxygen atoms in total. The monoisotopic (exact) mass is 474 g/mol. The highest BCUT2D eigenvalue weighted by Gasteiger charge is 2.21. The van der Waals surface area contributed by atoms with Crippen LogP contribution in [0.15, 0.2) is 60.5 Å². The first kappa shape index (κ1) is 22.1. The van der Waals surface area contributed by atoms with E-state index >= 15 is 0 Å². The average molecular weight is 475 g/mol. The Bertz CT molecular complexity index is 1290. The summed E-state index contributed by atoms with van der Waals surface area (Å²) in [6.45, 7) is 2.28. The Morgan fingerprint density at radius 3 is 2.91 bits per heavy atom. The lowest BCUT2D eigenvalue weighted by Crippen LogP contribution is -2.43. The van der Waals surface area contributed by atoms with Crippen molar-refractivity contribution in [3.8, 4) is 10.6 Å². The summed E-state index contributed by atoms with van der Waals surface area (Å²) >= 11 is 1.41. The lowest BCUT2D eigenvalue weighted by molar-refractivity contribution is 0.102. The Balaban J connectivity index is 1.31. The molecule has 174 valence electrons. The highest BCUT2D eigenvalue weighted by Crippen LogP contribution is 2.31.